The number of anilines is 1. The first kappa shape index (κ1) is 10.5. The average molecular weight is 190 g/mol. The van der Waals surface area contributed by atoms with Gasteiger partial charge in [-0.25, -0.2) is 4.98 Å². The molecular weight excluding hydrogens is 176 g/mol. The van der Waals surface area contributed by atoms with Crippen molar-refractivity contribution in [3.8, 4) is 6.07 Å². The molecule has 0 radical (unpaired) electrons. The van der Waals surface area contributed by atoms with Crippen molar-refractivity contribution in [1.29, 1.82) is 5.26 Å². The maximum atomic E-state index is 8.57. The van der Waals surface area contributed by atoms with Crippen LogP contribution in [0.25, 0.3) is 0 Å². The van der Waals surface area contributed by atoms with Crippen LogP contribution in [-0.4, -0.2) is 25.1 Å². The maximum Gasteiger partial charge on any atom is 0.140 e. The first-order chi connectivity index (χ1) is 6.77. The summed E-state index contributed by atoms with van der Waals surface area (Å²) >= 11 is 0. The number of hydrogen-bond acceptors (Lipinski definition) is 4. The van der Waals surface area contributed by atoms with Crippen molar-refractivity contribution < 1.29 is 0 Å². The summed E-state index contributed by atoms with van der Waals surface area (Å²) in [7, 11) is 1.98. The molecule has 2 N–H and O–H groups in total. The zero-order valence-corrected chi connectivity index (χ0v) is 8.27. The molecule has 0 saturated carbocycles. The fourth-order valence-corrected chi connectivity index (χ4v) is 1.14. The molecule has 0 atom stereocenters. The first-order valence-corrected chi connectivity index (χ1v) is 4.55. The van der Waals surface area contributed by atoms with Crippen LogP contribution in [-0.2, 0) is 0 Å². The van der Waals surface area contributed by atoms with Gasteiger partial charge in [0.1, 0.15) is 11.8 Å². The molecule has 1 aromatic rings. The van der Waals surface area contributed by atoms with Gasteiger partial charge >= 0.3 is 0 Å². The van der Waals surface area contributed by atoms with Gasteiger partial charge in [-0.05, 0) is 25.1 Å². The summed E-state index contributed by atoms with van der Waals surface area (Å²) in [4.78, 5) is 6.06. The van der Waals surface area contributed by atoms with Crippen LogP contribution in [0.3, 0.4) is 0 Å². The Hall–Kier alpha value is -1.60. The van der Waals surface area contributed by atoms with Gasteiger partial charge in [0, 0.05) is 13.6 Å². The third-order valence-corrected chi connectivity index (χ3v) is 2.00. The molecule has 0 saturated heterocycles. The molecule has 0 spiro atoms. The van der Waals surface area contributed by atoms with Crippen LogP contribution in [0.1, 0.15) is 12.1 Å². The number of nitrogens with zero attached hydrogens (tertiary/aromatic N) is 3. The van der Waals surface area contributed by atoms with E-state index in [-0.39, 0.29) is 0 Å². The van der Waals surface area contributed by atoms with Crippen LogP contribution in [0.4, 0.5) is 5.69 Å². The highest BCUT2D eigenvalue weighted by atomic mass is 15.1. The van der Waals surface area contributed by atoms with Crippen molar-refractivity contribution in [3.63, 3.8) is 0 Å². The normalized spacial score (nSPS) is 9.50. The van der Waals surface area contributed by atoms with Crippen molar-refractivity contribution in [3.05, 3.63) is 24.0 Å². The molecule has 0 aliphatic heterocycles. The van der Waals surface area contributed by atoms with Crippen LogP contribution < -0.4 is 10.6 Å². The molecule has 1 aromatic heterocycles. The van der Waals surface area contributed by atoms with Crippen molar-refractivity contribution in [2.45, 2.75) is 6.42 Å². The summed E-state index contributed by atoms with van der Waals surface area (Å²) in [5.41, 5.74) is 6.87. The Balaban J connectivity index is 2.63. The molecule has 74 valence electrons. The number of rotatable bonds is 4. The molecule has 14 heavy (non-hydrogen) atoms. The van der Waals surface area contributed by atoms with Crippen molar-refractivity contribution >= 4 is 5.69 Å². The van der Waals surface area contributed by atoms with Crippen LogP contribution >= 0.6 is 0 Å². The molecule has 0 aromatic carbocycles. The smallest absolute Gasteiger partial charge is 0.140 e. The average Bonchev–Trinajstić information content (AvgIpc) is 2.26. The summed E-state index contributed by atoms with van der Waals surface area (Å²) < 4.78 is 0. The summed E-state index contributed by atoms with van der Waals surface area (Å²) in [6.07, 6.45) is 2.66. The quantitative estimate of drug-likeness (QED) is 0.760. The Morgan fingerprint density at radius 1 is 1.57 bits per heavy atom. The first-order valence-electron chi connectivity index (χ1n) is 4.55. The highest BCUT2D eigenvalue weighted by Crippen LogP contribution is 2.10. The van der Waals surface area contributed by atoms with E-state index in [0.29, 0.717) is 12.2 Å². The lowest BCUT2D eigenvalue weighted by Gasteiger charge is -2.17. The number of nitrogens with two attached hydrogens (primary N) is 1. The molecule has 1 heterocycles. The van der Waals surface area contributed by atoms with E-state index in [1.165, 1.54) is 0 Å². The molecule has 4 heteroatoms. The van der Waals surface area contributed by atoms with Gasteiger partial charge in [-0.1, -0.05) is 0 Å². The summed E-state index contributed by atoms with van der Waals surface area (Å²) in [6.45, 7) is 1.60. The van der Waals surface area contributed by atoms with Crippen molar-refractivity contribution in [2.75, 3.05) is 25.0 Å². The van der Waals surface area contributed by atoms with E-state index in [4.69, 9.17) is 11.0 Å². The molecule has 0 fully saturated rings. The minimum absolute atomic E-state index is 0.445. The molecular formula is C10H14N4. The van der Waals surface area contributed by atoms with Gasteiger partial charge in [-0.3, -0.25) is 0 Å². The highest BCUT2D eigenvalue weighted by molar-refractivity contribution is 5.44. The lowest BCUT2D eigenvalue weighted by atomic mass is 10.3. The second-order valence-electron chi connectivity index (χ2n) is 3.08. The van der Waals surface area contributed by atoms with E-state index < -0.39 is 0 Å². The third-order valence-electron chi connectivity index (χ3n) is 2.00. The van der Waals surface area contributed by atoms with E-state index in [1.54, 1.807) is 12.3 Å². The van der Waals surface area contributed by atoms with Gasteiger partial charge in [0.25, 0.3) is 0 Å². The van der Waals surface area contributed by atoms with Crippen molar-refractivity contribution in [1.82, 2.24) is 4.98 Å². The molecule has 0 bridgehead atoms. The topological polar surface area (TPSA) is 65.9 Å². The Morgan fingerprint density at radius 2 is 2.36 bits per heavy atom. The monoisotopic (exact) mass is 190 g/mol. The minimum atomic E-state index is 0.445. The lowest BCUT2D eigenvalue weighted by Crippen LogP contribution is -2.21. The summed E-state index contributed by atoms with van der Waals surface area (Å²) in [5.74, 6) is 0. The molecule has 0 aliphatic rings. The SMILES string of the molecule is CN(CCCN)c1ccc(C#N)nc1. The van der Waals surface area contributed by atoms with Crippen molar-refractivity contribution in [2.24, 2.45) is 5.73 Å². The maximum absolute atomic E-state index is 8.57. The fourth-order valence-electron chi connectivity index (χ4n) is 1.14. The Kier molecular flexibility index (Phi) is 3.89. The Bertz CT molecular complexity index is 312. The number of nitriles is 1. The summed E-state index contributed by atoms with van der Waals surface area (Å²) in [5, 5.41) is 8.57. The number of hydrogen-bond donors (Lipinski definition) is 1. The van der Waals surface area contributed by atoms with Crippen LogP contribution in [0.15, 0.2) is 18.3 Å². The zero-order chi connectivity index (χ0) is 10.4. The predicted octanol–water partition coefficient (Wildman–Crippen LogP) is 0.738. The molecule has 0 amide bonds. The largest absolute Gasteiger partial charge is 0.373 e. The molecule has 0 aliphatic carbocycles. The minimum Gasteiger partial charge on any atom is -0.373 e. The fraction of sp³-hybridized carbons (Fsp3) is 0.400. The Morgan fingerprint density at radius 3 is 2.86 bits per heavy atom. The molecule has 0 unspecified atom stereocenters. The lowest BCUT2D eigenvalue weighted by molar-refractivity contribution is 0.794. The highest BCUT2D eigenvalue weighted by Gasteiger charge is 2.00. The van der Waals surface area contributed by atoms with E-state index in [0.717, 1.165) is 18.7 Å². The van der Waals surface area contributed by atoms with Crippen LogP contribution in [0.2, 0.25) is 0 Å². The van der Waals surface area contributed by atoms with E-state index in [9.17, 15) is 0 Å². The summed E-state index contributed by atoms with van der Waals surface area (Å²) in [6, 6.07) is 5.59. The van der Waals surface area contributed by atoms with Gasteiger partial charge in [0.05, 0.1) is 11.9 Å². The second kappa shape index (κ2) is 5.20. The molecule has 4 nitrogen and oxygen atoms in total. The third kappa shape index (κ3) is 2.71. The van der Waals surface area contributed by atoms with Gasteiger partial charge < -0.3 is 10.6 Å². The van der Waals surface area contributed by atoms with Crippen LogP contribution in [0.5, 0.6) is 0 Å². The standard InChI is InChI=1S/C10H14N4/c1-14(6-2-5-11)10-4-3-9(7-12)13-8-10/h3-4,8H,2,5-6,11H2,1H3. The number of pyridine rings is 1. The van der Waals surface area contributed by atoms with E-state index in [2.05, 4.69) is 9.88 Å². The Labute approximate surface area is 84.0 Å². The van der Waals surface area contributed by atoms with Gasteiger partial charge in [-0.15, -0.1) is 0 Å². The zero-order valence-electron chi connectivity index (χ0n) is 8.27. The second-order valence-corrected chi connectivity index (χ2v) is 3.08. The number of aromatic nitrogens is 1. The van der Waals surface area contributed by atoms with Gasteiger partial charge in [0.15, 0.2) is 0 Å². The van der Waals surface area contributed by atoms with Gasteiger partial charge in [-0.2, -0.15) is 5.26 Å². The van der Waals surface area contributed by atoms with Crippen LogP contribution in [0, 0.1) is 11.3 Å². The molecule has 1 rings (SSSR count). The van der Waals surface area contributed by atoms with E-state index in [1.807, 2.05) is 19.2 Å². The van der Waals surface area contributed by atoms with E-state index >= 15 is 0 Å². The van der Waals surface area contributed by atoms with Gasteiger partial charge in [0.2, 0.25) is 0 Å². The predicted molar refractivity (Wildman–Crippen MR) is 55.9 cm³/mol.